The van der Waals surface area contributed by atoms with Crippen LogP contribution in [0.25, 0.3) is 11.7 Å². The summed E-state index contributed by atoms with van der Waals surface area (Å²) in [5, 5.41) is 12.3. The van der Waals surface area contributed by atoms with Crippen molar-refractivity contribution >= 4 is 29.6 Å². The Kier molecular flexibility index (Phi) is 4.08. The van der Waals surface area contributed by atoms with Crippen LogP contribution < -0.4 is 20.7 Å². The molecule has 1 aliphatic heterocycles. The van der Waals surface area contributed by atoms with Crippen LogP contribution in [0.15, 0.2) is 42.2 Å². The van der Waals surface area contributed by atoms with Crippen LogP contribution in [0.2, 0.25) is 0 Å². The van der Waals surface area contributed by atoms with Gasteiger partial charge in [0.25, 0.3) is 5.91 Å². The van der Waals surface area contributed by atoms with E-state index in [4.69, 9.17) is 4.74 Å². The summed E-state index contributed by atoms with van der Waals surface area (Å²) in [5.41, 5.74) is 2.15. The van der Waals surface area contributed by atoms with Crippen molar-refractivity contribution in [1.82, 2.24) is 30.2 Å². The number of hydrogen-bond acceptors (Lipinski definition) is 7. The third kappa shape index (κ3) is 3.59. The van der Waals surface area contributed by atoms with Crippen LogP contribution in [0.3, 0.4) is 0 Å². The summed E-state index contributed by atoms with van der Waals surface area (Å²) in [6.45, 7) is 0.322. The predicted molar refractivity (Wildman–Crippen MR) is 103 cm³/mol. The molecular weight excluding hydrogens is 374 g/mol. The molecule has 2 aliphatic rings. The number of nitrogens with one attached hydrogen (secondary N) is 3. The minimum absolute atomic E-state index is 0.131. The van der Waals surface area contributed by atoms with Crippen molar-refractivity contribution in [2.75, 3.05) is 5.32 Å². The van der Waals surface area contributed by atoms with Crippen molar-refractivity contribution in [3.05, 3.63) is 53.4 Å². The molecule has 1 aromatic carbocycles. The molecule has 29 heavy (non-hydrogen) atoms. The van der Waals surface area contributed by atoms with Crippen LogP contribution in [0, 0.1) is 0 Å². The van der Waals surface area contributed by atoms with Crippen molar-refractivity contribution in [1.29, 1.82) is 0 Å². The number of imide groups is 1. The van der Waals surface area contributed by atoms with E-state index in [0.29, 0.717) is 29.8 Å². The van der Waals surface area contributed by atoms with Gasteiger partial charge >= 0.3 is 12.0 Å². The second kappa shape index (κ2) is 6.89. The Morgan fingerprint density at radius 3 is 2.72 bits per heavy atom. The summed E-state index contributed by atoms with van der Waals surface area (Å²) in [6, 6.07) is 9.71. The van der Waals surface area contributed by atoms with Gasteiger partial charge in [0.2, 0.25) is 5.95 Å². The normalized spacial score (nSPS) is 17.4. The highest BCUT2D eigenvalue weighted by Crippen LogP contribution is 2.26. The molecule has 1 aliphatic carbocycles. The first-order chi connectivity index (χ1) is 14.2. The van der Waals surface area contributed by atoms with E-state index in [1.807, 2.05) is 30.3 Å². The molecular formula is C19H17N7O3. The predicted octanol–water partition coefficient (Wildman–Crippen LogP) is 1.46. The molecule has 146 valence electrons. The van der Waals surface area contributed by atoms with Crippen molar-refractivity contribution in [2.24, 2.45) is 0 Å². The molecule has 1 saturated carbocycles. The summed E-state index contributed by atoms with van der Waals surface area (Å²) in [5.74, 6) is 0.0189. The Labute approximate surface area is 165 Å². The van der Waals surface area contributed by atoms with Gasteiger partial charge in [-0.3, -0.25) is 10.1 Å². The molecule has 0 unspecified atom stereocenters. The van der Waals surface area contributed by atoms with E-state index in [2.05, 4.69) is 31.0 Å². The smallest absolute Gasteiger partial charge is 0.326 e. The van der Waals surface area contributed by atoms with Crippen LogP contribution in [0.1, 0.15) is 24.0 Å². The Morgan fingerprint density at radius 1 is 1.17 bits per heavy atom. The largest absolute Gasteiger partial charge is 0.458 e. The number of ether oxygens (including phenoxy) is 1. The van der Waals surface area contributed by atoms with Gasteiger partial charge in [-0.05, 0) is 24.5 Å². The number of carbonyl (C=O) groups excluding carboxylic acids is 2. The summed E-state index contributed by atoms with van der Waals surface area (Å²) >= 11 is 0. The number of nitrogens with zero attached hydrogens (tertiary/aromatic N) is 4. The minimum atomic E-state index is -0.560. The monoisotopic (exact) mass is 391 g/mol. The van der Waals surface area contributed by atoms with Crippen LogP contribution in [0.4, 0.5) is 10.7 Å². The van der Waals surface area contributed by atoms with Crippen LogP contribution >= 0.6 is 0 Å². The lowest BCUT2D eigenvalue weighted by Crippen LogP contribution is -2.22. The molecule has 3 N–H and O–H groups in total. The van der Waals surface area contributed by atoms with Gasteiger partial charge in [-0.25, -0.2) is 4.79 Å². The van der Waals surface area contributed by atoms with Gasteiger partial charge in [-0.15, -0.1) is 0 Å². The highest BCUT2D eigenvalue weighted by atomic mass is 16.5. The zero-order chi connectivity index (χ0) is 19.8. The molecule has 3 heterocycles. The fraction of sp³-hybridized carbons (Fsp3) is 0.211. The highest BCUT2D eigenvalue weighted by molar-refractivity contribution is 6.14. The van der Waals surface area contributed by atoms with E-state index >= 15 is 0 Å². The number of fused-ring (bicyclic) bond motifs is 1. The maximum atomic E-state index is 11.8. The van der Waals surface area contributed by atoms with Crippen LogP contribution in [-0.2, 0) is 11.4 Å². The van der Waals surface area contributed by atoms with Crippen LogP contribution in [0.5, 0.6) is 6.01 Å². The van der Waals surface area contributed by atoms with E-state index in [1.165, 1.54) is 6.08 Å². The van der Waals surface area contributed by atoms with Gasteiger partial charge in [-0.1, -0.05) is 30.3 Å². The molecule has 0 bridgehead atoms. The summed E-state index contributed by atoms with van der Waals surface area (Å²) in [4.78, 5) is 32.1. The third-order valence-electron chi connectivity index (χ3n) is 4.52. The van der Waals surface area contributed by atoms with Crippen molar-refractivity contribution in [2.45, 2.75) is 25.5 Å². The first kappa shape index (κ1) is 17.2. The first-order valence-corrected chi connectivity index (χ1v) is 9.19. The molecule has 10 heteroatoms. The number of hydrogen-bond donors (Lipinski definition) is 3. The molecule has 2 aromatic heterocycles. The van der Waals surface area contributed by atoms with Gasteiger partial charge in [0.1, 0.15) is 12.3 Å². The molecule has 0 atom stereocenters. The molecule has 2 fully saturated rings. The van der Waals surface area contributed by atoms with E-state index < -0.39 is 11.9 Å². The molecule has 3 amide bonds. The Bertz CT molecular complexity index is 1140. The molecule has 5 rings (SSSR count). The van der Waals surface area contributed by atoms with Crippen LogP contribution in [-0.4, -0.2) is 37.6 Å². The molecule has 0 spiro atoms. The average Bonchev–Trinajstić information content (AvgIpc) is 3.36. The van der Waals surface area contributed by atoms with Crippen molar-refractivity contribution in [3.63, 3.8) is 0 Å². The SMILES string of the molecule is O=C1NC(=O)/C(=C\c2cnn3c(NC4CC4)nc(OCc4ccccc4)nc23)N1. The fourth-order valence-corrected chi connectivity index (χ4v) is 2.91. The maximum absolute atomic E-state index is 11.8. The van der Waals surface area contributed by atoms with Gasteiger partial charge in [-0.2, -0.15) is 19.6 Å². The third-order valence-corrected chi connectivity index (χ3v) is 4.52. The Balaban J connectivity index is 1.51. The fourth-order valence-electron chi connectivity index (χ4n) is 2.91. The molecule has 0 radical (unpaired) electrons. The number of amides is 3. The summed E-state index contributed by atoms with van der Waals surface area (Å²) in [6.07, 6.45) is 5.22. The molecule has 10 nitrogen and oxygen atoms in total. The lowest BCUT2D eigenvalue weighted by Gasteiger charge is -2.09. The van der Waals surface area contributed by atoms with Gasteiger partial charge in [0, 0.05) is 11.6 Å². The van der Waals surface area contributed by atoms with Gasteiger partial charge < -0.3 is 15.4 Å². The average molecular weight is 391 g/mol. The maximum Gasteiger partial charge on any atom is 0.326 e. The lowest BCUT2D eigenvalue weighted by molar-refractivity contribution is -0.115. The highest BCUT2D eigenvalue weighted by Gasteiger charge is 2.26. The Morgan fingerprint density at radius 2 is 2.00 bits per heavy atom. The van der Waals surface area contributed by atoms with E-state index in [9.17, 15) is 9.59 Å². The van der Waals surface area contributed by atoms with E-state index in [0.717, 1.165) is 18.4 Å². The topological polar surface area (TPSA) is 123 Å². The lowest BCUT2D eigenvalue weighted by atomic mass is 10.2. The summed E-state index contributed by atoms with van der Waals surface area (Å²) in [7, 11) is 0. The van der Waals surface area contributed by atoms with Crippen molar-refractivity contribution < 1.29 is 14.3 Å². The number of aromatic nitrogens is 4. The zero-order valence-electron chi connectivity index (χ0n) is 15.3. The quantitative estimate of drug-likeness (QED) is 0.429. The first-order valence-electron chi connectivity index (χ1n) is 9.19. The summed E-state index contributed by atoms with van der Waals surface area (Å²) < 4.78 is 7.37. The van der Waals surface area contributed by atoms with E-state index in [1.54, 1.807) is 10.7 Å². The minimum Gasteiger partial charge on any atom is -0.458 e. The Hall–Kier alpha value is -3.95. The zero-order valence-corrected chi connectivity index (χ0v) is 15.3. The number of rotatable bonds is 6. The van der Waals surface area contributed by atoms with Gasteiger partial charge in [0.05, 0.1) is 6.20 Å². The standard InChI is InChI=1S/C19H17N7O3/c27-16-14(22-18(28)24-16)8-12-9-20-26-15(12)23-19(25-17(26)21-13-6-7-13)29-10-11-4-2-1-3-5-11/h1-5,8-9,13H,6-7,10H2,(H,21,23,25)(H2,22,24,27,28)/b14-8+. The number of benzene rings is 1. The second-order valence-corrected chi connectivity index (χ2v) is 6.82. The number of carbonyl (C=O) groups is 2. The molecule has 1 saturated heterocycles. The second-order valence-electron chi connectivity index (χ2n) is 6.82. The van der Waals surface area contributed by atoms with Gasteiger partial charge in [0.15, 0.2) is 5.65 Å². The van der Waals surface area contributed by atoms with E-state index in [-0.39, 0.29) is 11.7 Å². The molecule has 3 aromatic rings. The number of urea groups is 1. The van der Waals surface area contributed by atoms with Crippen molar-refractivity contribution in [3.8, 4) is 6.01 Å². The number of anilines is 1.